The predicted molar refractivity (Wildman–Crippen MR) is 125 cm³/mol. The summed E-state index contributed by atoms with van der Waals surface area (Å²) < 4.78 is 4.68. The van der Waals surface area contributed by atoms with Crippen LogP contribution in [-0.2, 0) is 0 Å². The van der Waals surface area contributed by atoms with E-state index >= 15 is 0 Å². The van der Waals surface area contributed by atoms with Gasteiger partial charge in [0.25, 0.3) is 0 Å². The third-order valence-electron chi connectivity index (χ3n) is 3.90. The van der Waals surface area contributed by atoms with Crippen LogP contribution in [0.5, 0.6) is 0 Å². The number of halogens is 1. The van der Waals surface area contributed by atoms with Crippen LogP contribution in [0.25, 0.3) is 11.5 Å². The van der Waals surface area contributed by atoms with E-state index in [-0.39, 0.29) is 0 Å². The summed E-state index contributed by atoms with van der Waals surface area (Å²) in [4.78, 5) is 8.08. The van der Waals surface area contributed by atoms with Gasteiger partial charge >= 0.3 is 0 Å². The number of anilines is 2. The smallest absolute Gasteiger partial charge is 0.182 e. The Hall–Kier alpha value is -3.34. The monoisotopic (exact) mass is 486 g/mol. The molecule has 31 heavy (non-hydrogen) atoms. The SMILES string of the molecule is CC(C)n1cnnc1.CC(C)n1cnnc1-c1cccc(N)n1.Nc1cccc(Br)n1. The molecule has 4 rings (SSSR count). The van der Waals surface area contributed by atoms with Crippen molar-refractivity contribution in [3.8, 4) is 11.5 Å². The highest BCUT2D eigenvalue weighted by molar-refractivity contribution is 9.10. The lowest BCUT2D eigenvalue weighted by Gasteiger charge is -2.09. The van der Waals surface area contributed by atoms with Gasteiger partial charge in [-0.15, -0.1) is 20.4 Å². The van der Waals surface area contributed by atoms with Gasteiger partial charge in [0.2, 0.25) is 0 Å². The average molecular weight is 487 g/mol. The molecule has 0 amide bonds. The van der Waals surface area contributed by atoms with E-state index in [0.29, 0.717) is 23.7 Å². The van der Waals surface area contributed by atoms with Gasteiger partial charge in [0.05, 0.1) is 0 Å². The van der Waals surface area contributed by atoms with Crippen molar-refractivity contribution in [3.63, 3.8) is 0 Å². The van der Waals surface area contributed by atoms with Gasteiger partial charge in [-0.3, -0.25) is 0 Å². The first-order chi connectivity index (χ1) is 14.8. The Labute approximate surface area is 189 Å². The minimum atomic E-state index is 0.304. The summed E-state index contributed by atoms with van der Waals surface area (Å²) in [5, 5.41) is 15.2. The molecule has 0 unspecified atom stereocenters. The Morgan fingerprint density at radius 2 is 1.39 bits per heavy atom. The lowest BCUT2D eigenvalue weighted by molar-refractivity contribution is 0.597. The van der Waals surface area contributed by atoms with Gasteiger partial charge in [0, 0.05) is 12.1 Å². The molecule has 0 aliphatic carbocycles. The molecule has 164 valence electrons. The van der Waals surface area contributed by atoms with E-state index in [9.17, 15) is 0 Å². The number of nitrogens with zero attached hydrogens (tertiary/aromatic N) is 8. The molecule has 0 aromatic carbocycles. The maximum absolute atomic E-state index is 5.62. The summed E-state index contributed by atoms with van der Waals surface area (Å²) in [6.07, 6.45) is 5.13. The van der Waals surface area contributed by atoms with Crippen molar-refractivity contribution in [2.75, 3.05) is 11.5 Å². The van der Waals surface area contributed by atoms with Crippen LogP contribution >= 0.6 is 15.9 Å². The first-order valence-electron chi connectivity index (χ1n) is 9.62. The van der Waals surface area contributed by atoms with Gasteiger partial charge in [0.1, 0.15) is 40.9 Å². The molecule has 0 bridgehead atoms. The van der Waals surface area contributed by atoms with Crippen LogP contribution in [-0.4, -0.2) is 39.5 Å². The Morgan fingerprint density at radius 3 is 1.84 bits per heavy atom. The molecular formula is C20H27BrN10. The molecule has 10 nitrogen and oxygen atoms in total. The lowest BCUT2D eigenvalue weighted by atomic mass is 10.3. The van der Waals surface area contributed by atoms with E-state index in [1.807, 2.05) is 33.4 Å². The molecule has 0 fully saturated rings. The Balaban J connectivity index is 0.000000181. The Bertz CT molecular complexity index is 1030. The molecule has 0 spiro atoms. The highest BCUT2D eigenvalue weighted by atomic mass is 79.9. The van der Waals surface area contributed by atoms with Crippen LogP contribution in [0.3, 0.4) is 0 Å². The third kappa shape index (κ3) is 7.78. The number of nitrogens with two attached hydrogens (primary N) is 2. The minimum absolute atomic E-state index is 0.304. The van der Waals surface area contributed by atoms with Crippen molar-refractivity contribution >= 4 is 27.6 Å². The number of nitrogen functional groups attached to an aromatic ring is 2. The van der Waals surface area contributed by atoms with Crippen molar-refractivity contribution in [2.45, 2.75) is 39.8 Å². The van der Waals surface area contributed by atoms with Crippen LogP contribution in [0.2, 0.25) is 0 Å². The van der Waals surface area contributed by atoms with E-state index in [1.54, 1.807) is 31.1 Å². The largest absolute Gasteiger partial charge is 0.384 e. The zero-order valence-corrected chi connectivity index (χ0v) is 19.5. The number of pyridine rings is 2. The molecule has 0 aliphatic rings. The fourth-order valence-electron chi connectivity index (χ4n) is 2.28. The van der Waals surface area contributed by atoms with Crippen LogP contribution in [0, 0.1) is 0 Å². The topological polar surface area (TPSA) is 139 Å². The molecule has 4 aromatic rings. The highest BCUT2D eigenvalue weighted by Crippen LogP contribution is 2.18. The fourth-order valence-corrected chi connectivity index (χ4v) is 2.64. The van der Waals surface area contributed by atoms with E-state index < -0.39 is 0 Å². The molecule has 0 saturated heterocycles. The Morgan fingerprint density at radius 1 is 0.774 bits per heavy atom. The zero-order chi connectivity index (χ0) is 22.8. The average Bonchev–Trinajstić information content (AvgIpc) is 3.41. The van der Waals surface area contributed by atoms with Gasteiger partial charge in [0.15, 0.2) is 5.82 Å². The highest BCUT2D eigenvalue weighted by Gasteiger charge is 2.10. The number of rotatable bonds is 3. The van der Waals surface area contributed by atoms with Crippen molar-refractivity contribution in [1.82, 2.24) is 39.5 Å². The summed E-state index contributed by atoms with van der Waals surface area (Å²) in [6.45, 7) is 8.31. The van der Waals surface area contributed by atoms with Crippen molar-refractivity contribution in [1.29, 1.82) is 0 Å². The summed E-state index contributed by atoms with van der Waals surface area (Å²) in [5.41, 5.74) is 11.7. The molecular weight excluding hydrogens is 460 g/mol. The Kier molecular flexibility index (Phi) is 9.07. The first kappa shape index (κ1) is 23.9. The van der Waals surface area contributed by atoms with E-state index in [2.05, 4.69) is 74.0 Å². The minimum Gasteiger partial charge on any atom is -0.384 e. The summed E-state index contributed by atoms with van der Waals surface area (Å²) >= 11 is 3.17. The van der Waals surface area contributed by atoms with Crippen LogP contribution in [0.1, 0.15) is 39.8 Å². The molecule has 11 heteroatoms. The van der Waals surface area contributed by atoms with Crippen LogP contribution < -0.4 is 11.5 Å². The number of hydrogen-bond acceptors (Lipinski definition) is 8. The second kappa shape index (κ2) is 11.7. The van der Waals surface area contributed by atoms with Gasteiger partial charge in [-0.05, 0) is 67.9 Å². The van der Waals surface area contributed by atoms with Crippen molar-refractivity contribution in [3.05, 3.63) is 60.0 Å². The van der Waals surface area contributed by atoms with Crippen molar-refractivity contribution in [2.24, 2.45) is 0 Å². The van der Waals surface area contributed by atoms with E-state index in [0.717, 1.165) is 16.1 Å². The second-order valence-corrected chi connectivity index (χ2v) is 7.80. The lowest BCUT2D eigenvalue weighted by Crippen LogP contribution is -2.03. The molecule has 0 aliphatic heterocycles. The van der Waals surface area contributed by atoms with E-state index in [1.165, 1.54) is 0 Å². The summed E-state index contributed by atoms with van der Waals surface area (Å²) in [5.74, 6) is 1.78. The number of aromatic nitrogens is 8. The van der Waals surface area contributed by atoms with Gasteiger partial charge < -0.3 is 20.6 Å². The maximum Gasteiger partial charge on any atom is 0.182 e. The molecule has 4 heterocycles. The molecule has 4 aromatic heterocycles. The van der Waals surface area contributed by atoms with Crippen LogP contribution in [0.4, 0.5) is 11.6 Å². The standard InChI is InChI=1S/C10H13N5.C5H5BrN2.C5H9N3/c1-7(2)15-6-12-14-10(15)8-4-3-5-9(11)13-8;6-4-2-1-3-5(7)8-4;1-5(2)8-3-6-7-4-8/h3-7H,1-2H3,(H2,11,13);1-3H,(H2,7,8);3-5H,1-2H3. The van der Waals surface area contributed by atoms with Crippen molar-refractivity contribution < 1.29 is 0 Å². The predicted octanol–water partition coefficient (Wildman–Crippen LogP) is 3.79. The zero-order valence-electron chi connectivity index (χ0n) is 18.0. The van der Waals surface area contributed by atoms with E-state index in [4.69, 9.17) is 11.5 Å². The van der Waals surface area contributed by atoms with Gasteiger partial charge in [-0.25, -0.2) is 9.97 Å². The molecule has 4 N–H and O–H groups in total. The summed E-state index contributed by atoms with van der Waals surface area (Å²) in [6, 6.07) is 11.7. The quantitative estimate of drug-likeness (QED) is 0.416. The van der Waals surface area contributed by atoms with Gasteiger partial charge in [-0.2, -0.15) is 0 Å². The molecule has 0 saturated carbocycles. The van der Waals surface area contributed by atoms with Crippen LogP contribution in [0.15, 0.2) is 60.0 Å². The third-order valence-corrected chi connectivity index (χ3v) is 4.34. The second-order valence-electron chi connectivity index (χ2n) is 6.99. The molecule has 0 radical (unpaired) electrons. The molecule has 0 atom stereocenters. The normalized spacial score (nSPS) is 10.3. The van der Waals surface area contributed by atoms with Gasteiger partial charge in [-0.1, -0.05) is 12.1 Å². The first-order valence-corrected chi connectivity index (χ1v) is 10.4. The summed E-state index contributed by atoms with van der Waals surface area (Å²) in [7, 11) is 0. The maximum atomic E-state index is 5.62. The number of hydrogen-bond donors (Lipinski definition) is 2. The fraction of sp³-hybridized carbons (Fsp3) is 0.300.